The molecule has 0 aromatic carbocycles. The molecule has 0 aliphatic rings. The van der Waals surface area contributed by atoms with Gasteiger partial charge in [-0.1, -0.05) is 25.1 Å². The van der Waals surface area contributed by atoms with Gasteiger partial charge < -0.3 is 5.21 Å². The van der Waals surface area contributed by atoms with Crippen molar-refractivity contribution in [2.45, 2.75) is 27.2 Å². The van der Waals surface area contributed by atoms with E-state index >= 15 is 0 Å². The first-order valence-corrected chi connectivity index (χ1v) is 4.40. The average Bonchev–Trinajstić information content (AvgIpc) is 2.22. The Bertz CT molecular complexity index is 244. The Morgan fingerprint density at radius 2 is 2.15 bits per heavy atom. The molecule has 1 heterocycles. The zero-order valence-corrected chi connectivity index (χ0v) is 8.36. The molecule has 0 atom stereocenters. The molecule has 0 aliphatic heterocycles. The minimum Gasteiger partial charge on any atom is -0.411 e. The summed E-state index contributed by atoms with van der Waals surface area (Å²) in [5, 5.41) is 11.4. The van der Waals surface area contributed by atoms with E-state index in [1.165, 1.54) is 0 Å². The van der Waals surface area contributed by atoms with Gasteiger partial charge in [-0.15, -0.1) is 0 Å². The highest BCUT2D eigenvalue weighted by Crippen LogP contribution is 1.95. The fourth-order valence-corrected chi connectivity index (χ4v) is 0.800. The van der Waals surface area contributed by atoms with Crippen molar-refractivity contribution in [1.82, 2.24) is 4.98 Å². The van der Waals surface area contributed by atoms with E-state index in [9.17, 15) is 0 Å². The van der Waals surface area contributed by atoms with E-state index in [0.29, 0.717) is 12.1 Å². The monoisotopic (exact) mass is 180 g/mol. The van der Waals surface area contributed by atoms with E-state index < -0.39 is 0 Å². The maximum absolute atomic E-state index is 8.36. The zero-order chi connectivity index (χ0) is 10.1. The largest absolute Gasteiger partial charge is 0.411 e. The number of oxime groups is 1. The third-order valence-corrected chi connectivity index (χ3v) is 1.33. The predicted octanol–water partition coefficient (Wildman–Crippen LogP) is 2.50. The Hall–Kier alpha value is -1.38. The van der Waals surface area contributed by atoms with Gasteiger partial charge >= 0.3 is 0 Å². The van der Waals surface area contributed by atoms with Crippen molar-refractivity contribution in [1.29, 1.82) is 0 Å². The van der Waals surface area contributed by atoms with Crippen molar-refractivity contribution in [3.63, 3.8) is 0 Å². The second-order valence-corrected chi connectivity index (χ2v) is 2.33. The minimum absolute atomic E-state index is 0.608. The topological polar surface area (TPSA) is 45.5 Å². The first kappa shape index (κ1) is 11.6. The third kappa shape index (κ3) is 4.95. The van der Waals surface area contributed by atoms with Crippen LogP contribution in [0.3, 0.4) is 0 Å². The first-order chi connectivity index (χ1) is 6.33. The molecule has 72 valence electrons. The molecule has 0 spiro atoms. The molecule has 0 bridgehead atoms. The molecule has 3 nitrogen and oxygen atoms in total. The van der Waals surface area contributed by atoms with Crippen LogP contribution < -0.4 is 0 Å². The van der Waals surface area contributed by atoms with Crippen molar-refractivity contribution in [3.05, 3.63) is 30.1 Å². The summed E-state index contributed by atoms with van der Waals surface area (Å²) in [4.78, 5) is 4.07. The van der Waals surface area contributed by atoms with Gasteiger partial charge in [0.1, 0.15) is 0 Å². The summed E-state index contributed by atoms with van der Waals surface area (Å²) < 4.78 is 0. The molecule has 1 aromatic rings. The van der Waals surface area contributed by atoms with Gasteiger partial charge in [-0.05, 0) is 19.1 Å². The molecular weight excluding hydrogens is 164 g/mol. The van der Waals surface area contributed by atoms with Crippen molar-refractivity contribution < 1.29 is 5.21 Å². The van der Waals surface area contributed by atoms with Crippen LogP contribution in [0, 0.1) is 0 Å². The van der Waals surface area contributed by atoms with Gasteiger partial charge in [0.2, 0.25) is 0 Å². The highest BCUT2D eigenvalue weighted by atomic mass is 16.4. The Morgan fingerprint density at radius 1 is 1.46 bits per heavy atom. The maximum atomic E-state index is 8.36. The number of aromatic nitrogens is 1. The fourth-order valence-electron chi connectivity index (χ4n) is 0.800. The lowest BCUT2D eigenvalue weighted by molar-refractivity contribution is 0.317. The Morgan fingerprint density at radius 3 is 2.62 bits per heavy atom. The second kappa shape index (κ2) is 7.28. The molecule has 0 saturated carbocycles. The zero-order valence-electron chi connectivity index (χ0n) is 8.36. The van der Waals surface area contributed by atoms with Gasteiger partial charge in [0.25, 0.3) is 0 Å². The molecule has 1 rings (SSSR count). The molecular formula is C10H16N2O. The summed E-state index contributed by atoms with van der Waals surface area (Å²) in [6.45, 7) is 5.76. The second-order valence-electron chi connectivity index (χ2n) is 2.33. The van der Waals surface area contributed by atoms with Crippen molar-refractivity contribution in [3.8, 4) is 0 Å². The molecule has 3 heteroatoms. The lowest BCUT2D eigenvalue weighted by Crippen LogP contribution is -1.98. The number of rotatable bonds is 2. The normalized spacial score (nSPS) is 10.2. The van der Waals surface area contributed by atoms with E-state index in [0.717, 1.165) is 5.69 Å². The van der Waals surface area contributed by atoms with Crippen molar-refractivity contribution >= 4 is 5.71 Å². The van der Waals surface area contributed by atoms with E-state index in [2.05, 4.69) is 10.1 Å². The van der Waals surface area contributed by atoms with E-state index in [1.54, 1.807) is 13.1 Å². The molecule has 0 radical (unpaired) electrons. The third-order valence-electron chi connectivity index (χ3n) is 1.33. The van der Waals surface area contributed by atoms with Gasteiger partial charge in [-0.2, -0.15) is 0 Å². The lowest BCUT2D eigenvalue weighted by atomic mass is 10.2. The highest BCUT2D eigenvalue weighted by molar-refractivity contribution is 5.83. The molecule has 0 saturated heterocycles. The van der Waals surface area contributed by atoms with Gasteiger partial charge in [0, 0.05) is 18.3 Å². The summed E-state index contributed by atoms with van der Waals surface area (Å²) in [6, 6.07) is 5.66. The maximum Gasteiger partial charge on any atom is 0.0599 e. The summed E-state index contributed by atoms with van der Waals surface area (Å²) in [7, 11) is 0. The average molecular weight is 180 g/mol. The van der Waals surface area contributed by atoms with E-state index in [4.69, 9.17) is 5.21 Å². The molecule has 0 unspecified atom stereocenters. The van der Waals surface area contributed by atoms with Crippen LogP contribution >= 0.6 is 0 Å². The smallest absolute Gasteiger partial charge is 0.0599 e. The summed E-state index contributed by atoms with van der Waals surface area (Å²) in [6.07, 6.45) is 2.33. The summed E-state index contributed by atoms with van der Waals surface area (Å²) in [5.41, 5.74) is 1.59. The van der Waals surface area contributed by atoms with Gasteiger partial charge in [0.05, 0.1) is 5.71 Å². The van der Waals surface area contributed by atoms with Crippen LogP contribution in [0.15, 0.2) is 29.6 Å². The Labute approximate surface area is 79.1 Å². The van der Waals surface area contributed by atoms with Crippen LogP contribution in [-0.2, 0) is 6.42 Å². The predicted molar refractivity (Wildman–Crippen MR) is 54.2 cm³/mol. The van der Waals surface area contributed by atoms with Crippen LogP contribution in [-0.4, -0.2) is 15.9 Å². The van der Waals surface area contributed by atoms with Crippen LogP contribution in [0.5, 0.6) is 0 Å². The molecule has 13 heavy (non-hydrogen) atoms. The quantitative estimate of drug-likeness (QED) is 0.432. The number of hydrogen-bond donors (Lipinski definition) is 1. The number of nitrogens with zero attached hydrogens (tertiary/aromatic N) is 2. The minimum atomic E-state index is 0.608. The van der Waals surface area contributed by atoms with Gasteiger partial charge in [0.15, 0.2) is 0 Å². The van der Waals surface area contributed by atoms with Gasteiger partial charge in [-0.25, -0.2) is 0 Å². The first-order valence-electron chi connectivity index (χ1n) is 4.40. The highest BCUT2D eigenvalue weighted by Gasteiger charge is 1.94. The van der Waals surface area contributed by atoms with Crippen LogP contribution in [0.1, 0.15) is 26.5 Å². The fraction of sp³-hybridized carbons (Fsp3) is 0.400. The molecule has 1 aromatic heterocycles. The Balaban J connectivity index is 0.000000671. The van der Waals surface area contributed by atoms with Crippen molar-refractivity contribution in [2.75, 3.05) is 0 Å². The summed E-state index contributed by atoms with van der Waals surface area (Å²) in [5.74, 6) is 0. The molecule has 0 aliphatic carbocycles. The van der Waals surface area contributed by atoms with Crippen LogP contribution in [0.25, 0.3) is 0 Å². The van der Waals surface area contributed by atoms with Gasteiger partial charge in [-0.3, -0.25) is 4.98 Å². The van der Waals surface area contributed by atoms with Crippen molar-refractivity contribution in [2.24, 2.45) is 5.16 Å². The SMILES string of the molecule is CC.CC(Cc1ccccn1)=NO. The molecule has 1 N–H and O–H groups in total. The number of pyridine rings is 1. The Kier molecular flexibility index (Phi) is 6.51. The summed E-state index contributed by atoms with van der Waals surface area (Å²) >= 11 is 0. The molecule has 0 fully saturated rings. The van der Waals surface area contributed by atoms with E-state index in [1.807, 2.05) is 32.0 Å². The molecule has 0 amide bonds. The van der Waals surface area contributed by atoms with Crippen LogP contribution in [0.4, 0.5) is 0 Å². The standard InChI is InChI=1S/C8H10N2O.C2H6/c1-7(10-11)6-8-4-2-3-5-9-8;1-2/h2-5,11H,6H2,1H3;1-2H3. The lowest BCUT2D eigenvalue weighted by Gasteiger charge is -1.95. The van der Waals surface area contributed by atoms with E-state index in [-0.39, 0.29) is 0 Å². The van der Waals surface area contributed by atoms with Crippen LogP contribution in [0.2, 0.25) is 0 Å². The number of hydrogen-bond acceptors (Lipinski definition) is 3.